The van der Waals surface area contributed by atoms with E-state index in [2.05, 4.69) is 33.6 Å². The van der Waals surface area contributed by atoms with Gasteiger partial charge in [0.25, 0.3) is 0 Å². The number of benzene rings is 1. The van der Waals surface area contributed by atoms with Crippen molar-refractivity contribution < 1.29 is 29.1 Å². The van der Waals surface area contributed by atoms with Gasteiger partial charge in [0.1, 0.15) is 18.1 Å². The van der Waals surface area contributed by atoms with Crippen molar-refractivity contribution in [3.63, 3.8) is 0 Å². The summed E-state index contributed by atoms with van der Waals surface area (Å²) in [6, 6.07) is 2.57. The number of para-hydroxylation sites is 1. The Bertz CT molecular complexity index is 1140. The molecular weight excluding hydrogens is 514 g/mol. The number of aliphatic carboxylic acids is 1. The van der Waals surface area contributed by atoms with Crippen molar-refractivity contribution in [1.29, 1.82) is 0 Å². The average molecular weight is 550 g/mol. The molecule has 1 aromatic carbocycles. The number of aromatic nitrogens is 1. The molecule has 0 aliphatic carbocycles. The van der Waals surface area contributed by atoms with E-state index < -0.39 is 60.2 Å². The molecule has 208 valence electrons. The summed E-state index contributed by atoms with van der Waals surface area (Å²) in [6.07, 6.45) is 2.56. The average Bonchev–Trinajstić information content (AvgIpc) is 3.28. The molecule has 0 aliphatic rings. The van der Waals surface area contributed by atoms with Crippen molar-refractivity contribution in [1.82, 2.24) is 20.9 Å². The Morgan fingerprint density at radius 2 is 1.58 bits per heavy atom. The van der Waals surface area contributed by atoms with Crippen LogP contribution in [-0.2, 0) is 30.4 Å². The molecule has 2 rings (SSSR count). The van der Waals surface area contributed by atoms with E-state index >= 15 is 0 Å². The van der Waals surface area contributed by atoms with Gasteiger partial charge in [-0.05, 0) is 37.4 Å². The van der Waals surface area contributed by atoms with Gasteiger partial charge in [0.2, 0.25) is 23.6 Å². The minimum absolute atomic E-state index is 0.0381. The number of fused-ring (bicyclic) bond motifs is 1. The van der Waals surface area contributed by atoms with E-state index in [0.717, 1.165) is 16.5 Å². The fraction of sp³-hybridized carbons (Fsp3) is 0.458. The smallest absolute Gasteiger partial charge is 0.327 e. The monoisotopic (exact) mass is 549 g/mol. The molecule has 38 heavy (non-hydrogen) atoms. The number of rotatable bonds is 16. The lowest BCUT2D eigenvalue weighted by Gasteiger charge is -2.25. The zero-order chi connectivity index (χ0) is 28.2. The lowest BCUT2D eigenvalue weighted by atomic mass is 10.0. The summed E-state index contributed by atoms with van der Waals surface area (Å²) in [5.41, 5.74) is 18.0. The lowest BCUT2D eigenvalue weighted by molar-refractivity contribution is -0.141. The largest absolute Gasteiger partial charge is 0.480 e. The summed E-state index contributed by atoms with van der Waals surface area (Å²) in [6.45, 7) is 0.369. The minimum atomic E-state index is -1.28. The van der Waals surface area contributed by atoms with Crippen molar-refractivity contribution in [3.05, 3.63) is 36.0 Å². The first-order valence-electron chi connectivity index (χ1n) is 12.1. The van der Waals surface area contributed by atoms with Crippen LogP contribution in [0.2, 0.25) is 0 Å². The Morgan fingerprint density at radius 1 is 0.947 bits per heavy atom. The van der Waals surface area contributed by atoms with Crippen LogP contribution in [-0.4, -0.2) is 76.2 Å². The number of hydrogen-bond acceptors (Lipinski definition) is 8. The SMILES string of the molecule is NCCCCC(NC(=O)C(Cc1c[nH]c2ccccc12)NC(=O)C(N)CC(N)=O)C(=O)NC(CS)C(=O)O. The van der Waals surface area contributed by atoms with Gasteiger partial charge in [-0.15, -0.1) is 0 Å². The lowest BCUT2D eigenvalue weighted by Crippen LogP contribution is -2.58. The molecule has 0 fully saturated rings. The number of aromatic amines is 1. The fourth-order valence-electron chi connectivity index (χ4n) is 3.81. The van der Waals surface area contributed by atoms with E-state index in [9.17, 15) is 29.1 Å². The number of nitrogens with two attached hydrogens (primary N) is 3. The van der Waals surface area contributed by atoms with Crippen LogP contribution in [0.1, 0.15) is 31.2 Å². The molecule has 0 saturated heterocycles. The number of amides is 4. The molecule has 0 bridgehead atoms. The number of carboxylic acid groups (broad SMARTS) is 1. The zero-order valence-electron chi connectivity index (χ0n) is 20.8. The summed E-state index contributed by atoms with van der Waals surface area (Å²) in [4.78, 5) is 64.7. The number of carboxylic acids is 1. The molecule has 0 aliphatic heterocycles. The van der Waals surface area contributed by atoms with Crippen molar-refractivity contribution in [2.75, 3.05) is 12.3 Å². The molecule has 4 amide bonds. The third-order valence-electron chi connectivity index (χ3n) is 5.87. The van der Waals surface area contributed by atoms with Crippen LogP contribution in [0, 0.1) is 0 Å². The van der Waals surface area contributed by atoms with Crippen LogP contribution >= 0.6 is 12.6 Å². The third kappa shape index (κ3) is 9.04. The quantitative estimate of drug-likeness (QED) is 0.0881. The standard InChI is InChI=1S/C24H35N7O6S/c25-8-4-3-7-17(22(34)31-19(12-38)24(36)37)29-23(35)18(30-21(33)15(26)10-20(27)32)9-13-11-28-16-6-2-1-5-14(13)16/h1-2,5-6,11,15,17-19,28,38H,3-4,7-10,12,25-26H2,(H2,27,32)(H,29,35)(H,30,33)(H,31,34)(H,36,37). The van der Waals surface area contributed by atoms with Gasteiger partial charge in [-0.1, -0.05) is 18.2 Å². The van der Waals surface area contributed by atoms with Gasteiger partial charge in [0.05, 0.1) is 12.5 Å². The Kier molecular flexibility index (Phi) is 12.0. The van der Waals surface area contributed by atoms with Crippen LogP contribution < -0.4 is 33.2 Å². The van der Waals surface area contributed by atoms with E-state index in [-0.39, 0.29) is 18.6 Å². The molecule has 14 heteroatoms. The van der Waals surface area contributed by atoms with E-state index in [1.165, 1.54) is 0 Å². The van der Waals surface area contributed by atoms with Crippen molar-refractivity contribution >= 4 is 53.1 Å². The van der Waals surface area contributed by atoms with E-state index in [1.807, 2.05) is 24.3 Å². The van der Waals surface area contributed by atoms with Crippen LogP contribution in [0.5, 0.6) is 0 Å². The minimum Gasteiger partial charge on any atom is -0.480 e. The summed E-state index contributed by atoms with van der Waals surface area (Å²) < 4.78 is 0. The first-order valence-corrected chi connectivity index (χ1v) is 12.7. The van der Waals surface area contributed by atoms with Crippen LogP contribution in [0.25, 0.3) is 10.9 Å². The van der Waals surface area contributed by atoms with Gasteiger partial charge in [-0.25, -0.2) is 4.79 Å². The number of unbranched alkanes of at least 4 members (excludes halogenated alkanes) is 1. The van der Waals surface area contributed by atoms with Gasteiger partial charge in [0, 0.05) is 29.3 Å². The summed E-state index contributed by atoms with van der Waals surface area (Å²) >= 11 is 3.95. The first kappa shape index (κ1) is 30.6. The Morgan fingerprint density at radius 3 is 2.21 bits per heavy atom. The predicted octanol–water partition coefficient (Wildman–Crippen LogP) is -1.49. The zero-order valence-corrected chi connectivity index (χ0v) is 21.7. The van der Waals surface area contributed by atoms with Crippen molar-refractivity contribution in [2.24, 2.45) is 17.2 Å². The highest BCUT2D eigenvalue weighted by Gasteiger charge is 2.30. The predicted molar refractivity (Wildman–Crippen MR) is 144 cm³/mol. The second-order valence-corrected chi connectivity index (χ2v) is 9.19. The summed E-state index contributed by atoms with van der Waals surface area (Å²) in [5.74, 6) is -4.37. The van der Waals surface area contributed by atoms with E-state index in [0.29, 0.717) is 19.4 Å². The maximum absolute atomic E-state index is 13.4. The van der Waals surface area contributed by atoms with Crippen LogP contribution in [0.3, 0.4) is 0 Å². The Balaban J connectivity index is 2.29. The van der Waals surface area contributed by atoms with Crippen molar-refractivity contribution in [2.45, 2.75) is 56.3 Å². The molecular formula is C24H35N7O6S. The van der Waals surface area contributed by atoms with Gasteiger partial charge in [-0.2, -0.15) is 12.6 Å². The molecule has 1 heterocycles. The number of nitrogens with one attached hydrogen (secondary N) is 4. The topological polar surface area (TPSA) is 236 Å². The van der Waals surface area contributed by atoms with Crippen molar-refractivity contribution in [3.8, 4) is 0 Å². The van der Waals surface area contributed by atoms with E-state index in [4.69, 9.17) is 17.2 Å². The molecule has 4 unspecified atom stereocenters. The molecule has 0 saturated carbocycles. The second kappa shape index (κ2) is 15.0. The molecule has 1 aromatic heterocycles. The highest BCUT2D eigenvalue weighted by molar-refractivity contribution is 7.80. The molecule has 13 nitrogen and oxygen atoms in total. The van der Waals surface area contributed by atoms with Crippen LogP contribution in [0.4, 0.5) is 0 Å². The normalized spacial score (nSPS) is 14.2. The molecule has 2 aromatic rings. The summed E-state index contributed by atoms with van der Waals surface area (Å²) in [5, 5.41) is 17.6. The molecule has 0 spiro atoms. The van der Waals surface area contributed by atoms with Gasteiger partial charge in [-0.3, -0.25) is 19.2 Å². The maximum atomic E-state index is 13.4. The molecule has 4 atom stereocenters. The third-order valence-corrected chi connectivity index (χ3v) is 6.23. The second-order valence-electron chi connectivity index (χ2n) is 8.83. The molecule has 11 N–H and O–H groups in total. The first-order chi connectivity index (χ1) is 18.1. The number of hydrogen-bond donors (Lipinski definition) is 9. The number of primary amides is 1. The number of carbonyl (C=O) groups is 5. The molecule has 0 radical (unpaired) electrons. The number of H-pyrrole nitrogens is 1. The maximum Gasteiger partial charge on any atom is 0.327 e. The Labute approximate surface area is 225 Å². The number of thiol groups is 1. The Hall–Kier alpha value is -3.62. The highest BCUT2D eigenvalue weighted by Crippen LogP contribution is 2.19. The van der Waals surface area contributed by atoms with E-state index in [1.54, 1.807) is 6.20 Å². The van der Waals surface area contributed by atoms with Gasteiger partial charge in [0.15, 0.2) is 0 Å². The fourth-order valence-corrected chi connectivity index (χ4v) is 4.06. The highest BCUT2D eigenvalue weighted by atomic mass is 32.1. The van der Waals surface area contributed by atoms with Gasteiger partial charge < -0.3 is 43.2 Å². The van der Waals surface area contributed by atoms with Gasteiger partial charge >= 0.3 is 5.97 Å². The summed E-state index contributed by atoms with van der Waals surface area (Å²) in [7, 11) is 0. The van der Waals surface area contributed by atoms with Crippen LogP contribution in [0.15, 0.2) is 30.5 Å². The number of carbonyl (C=O) groups excluding carboxylic acids is 4.